The molecule has 0 unspecified atom stereocenters. The molecule has 0 radical (unpaired) electrons. The van der Waals surface area contributed by atoms with Gasteiger partial charge in [-0.2, -0.15) is 0 Å². The van der Waals surface area contributed by atoms with Crippen molar-refractivity contribution in [3.05, 3.63) is 58.9 Å². The molecule has 1 aromatic carbocycles. The lowest BCUT2D eigenvalue weighted by atomic mass is 9.85. The summed E-state index contributed by atoms with van der Waals surface area (Å²) in [6, 6.07) is 9.20. The maximum atomic E-state index is 12.4. The number of halogens is 1. The predicted octanol–water partition coefficient (Wildman–Crippen LogP) is 3.02. The van der Waals surface area contributed by atoms with Gasteiger partial charge >= 0.3 is 0 Å². The topological polar surface area (TPSA) is 62.7 Å². The number of rotatable bonds is 5. The van der Waals surface area contributed by atoms with Crippen molar-refractivity contribution in [1.29, 1.82) is 0 Å². The van der Waals surface area contributed by atoms with Crippen molar-refractivity contribution in [2.45, 2.75) is 31.8 Å². The third-order valence-electron chi connectivity index (χ3n) is 4.83. The molecule has 2 aromatic rings. The van der Waals surface area contributed by atoms with Crippen LogP contribution in [-0.4, -0.2) is 46.2 Å². The number of aliphatic hydroxyl groups is 1. The van der Waals surface area contributed by atoms with Crippen LogP contribution in [0.2, 0.25) is 5.02 Å². The lowest BCUT2D eigenvalue weighted by molar-refractivity contribution is -0.137. The summed E-state index contributed by atoms with van der Waals surface area (Å²) in [6.45, 7) is 2.94. The van der Waals surface area contributed by atoms with Crippen molar-refractivity contribution in [3.63, 3.8) is 0 Å². The zero-order valence-corrected chi connectivity index (χ0v) is 15.6. The molecule has 1 fully saturated rings. The molecule has 3 rings (SSSR count). The van der Waals surface area contributed by atoms with Crippen LogP contribution < -0.4 is 4.74 Å². The molecule has 0 bridgehead atoms. The molecule has 26 heavy (non-hydrogen) atoms. The first-order chi connectivity index (χ1) is 12.5. The van der Waals surface area contributed by atoms with Gasteiger partial charge in [0, 0.05) is 36.9 Å². The number of amides is 1. The van der Waals surface area contributed by atoms with Crippen LogP contribution >= 0.6 is 11.6 Å². The number of hydrogen-bond donors (Lipinski definition) is 1. The number of piperidine rings is 1. The molecule has 0 atom stereocenters. The van der Waals surface area contributed by atoms with Crippen LogP contribution in [0.5, 0.6) is 5.75 Å². The van der Waals surface area contributed by atoms with E-state index in [1.54, 1.807) is 29.4 Å². The van der Waals surface area contributed by atoms with Crippen LogP contribution in [0.1, 0.15) is 24.0 Å². The molecule has 1 aromatic heterocycles. The van der Waals surface area contributed by atoms with E-state index < -0.39 is 5.60 Å². The number of aromatic nitrogens is 1. The van der Waals surface area contributed by atoms with Gasteiger partial charge in [-0.05, 0) is 55.2 Å². The minimum absolute atomic E-state index is 0.0238. The number of nitrogens with zero attached hydrogens (tertiary/aromatic N) is 2. The molecule has 138 valence electrons. The summed E-state index contributed by atoms with van der Waals surface area (Å²) in [5.74, 6) is 0.549. The van der Waals surface area contributed by atoms with Crippen molar-refractivity contribution < 1.29 is 14.6 Å². The second kappa shape index (κ2) is 8.06. The lowest BCUT2D eigenvalue weighted by Crippen LogP contribution is -2.48. The summed E-state index contributed by atoms with van der Waals surface area (Å²) >= 11 is 5.97. The zero-order chi connectivity index (χ0) is 18.6. The Morgan fingerprint density at radius 3 is 2.65 bits per heavy atom. The van der Waals surface area contributed by atoms with Crippen LogP contribution in [0, 0.1) is 6.92 Å². The van der Waals surface area contributed by atoms with Crippen LogP contribution in [0.4, 0.5) is 0 Å². The minimum Gasteiger partial charge on any atom is -0.483 e. The second-order valence-corrected chi connectivity index (χ2v) is 7.27. The zero-order valence-electron chi connectivity index (χ0n) is 14.8. The predicted molar refractivity (Wildman–Crippen MR) is 100 cm³/mol. The average Bonchev–Trinajstić information content (AvgIpc) is 2.63. The van der Waals surface area contributed by atoms with Gasteiger partial charge in [-0.3, -0.25) is 9.78 Å². The maximum absolute atomic E-state index is 12.4. The fraction of sp³-hybridized carbons (Fsp3) is 0.400. The normalized spacial score (nSPS) is 16.3. The highest BCUT2D eigenvalue weighted by atomic mass is 35.5. The van der Waals surface area contributed by atoms with Crippen molar-refractivity contribution in [2.24, 2.45) is 0 Å². The van der Waals surface area contributed by atoms with Crippen molar-refractivity contribution in [2.75, 3.05) is 19.7 Å². The Kier molecular flexibility index (Phi) is 5.79. The number of carbonyl (C=O) groups excluding carboxylic acids is 1. The SMILES string of the molecule is Cc1ccc(Cl)cc1OCC(=O)N1CCC(O)(Cc2ccncc2)CC1. The first-order valence-corrected chi connectivity index (χ1v) is 9.11. The molecule has 1 saturated heterocycles. The molecule has 5 nitrogen and oxygen atoms in total. The Morgan fingerprint density at radius 1 is 1.27 bits per heavy atom. The number of benzene rings is 1. The monoisotopic (exact) mass is 374 g/mol. The Hall–Kier alpha value is -2.11. The van der Waals surface area contributed by atoms with E-state index in [1.165, 1.54) is 0 Å². The molecular weight excluding hydrogens is 352 g/mol. The van der Waals surface area contributed by atoms with Crippen molar-refractivity contribution >= 4 is 17.5 Å². The number of carbonyl (C=O) groups is 1. The summed E-state index contributed by atoms with van der Waals surface area (Å²) in [5, 5.41) is 11.4. The van der Waals surface area contributed by atoms with E-state index in [4.69, 9.17) is 16.3 Å². The lowest BCUT2D eigenvalue weighted by Gasteiger charge is -2.38. The van der Waals surface area contributed by atoms with Crippen LogP contribution in [-0.2, 0) is 11.2 Å². The molecule has 2 heterocycles. The summed E-state index contributed by atoms with van der Waals surface area (Å²) in [4.78, 5) is 18.2. The number of ether oxygens (including phenoxy) is 1. The largest absolute Gasteiger partial charge is 0.483 e. The third kappa shape index (κ3) is 4.74. The molecule has 1 amide bonds. The second-order valence-electron chi connectivity index (χ2n) is 6.84. The smallest absolute Gasteiger partial charge is 0.260 e. The molecule has 0 spiro atoms. The summed E-state index contributed by atoms with van der Waals surface area (Å²) < 4.78 is 5.64. The van der Waals surface area contributed by atoms with Crippen LogP contribution in [0.3, 0.4) is 0 Å². The van der Waals surface area contributed by atoms with Gasteiger partial charge in [-0.15, -0.1) is 0 Å². The first kappa shape index (κ1) is 18.7. The Bertz CT molecular complexity index is 759. The number of pyridine rings is 1. The molecule has 0 saturated carbocycles. The molecule has 1 aliphatic rings. The van der Waals surface area contributed by atoms with Gasteiger partial charge in [-0.25, -0.2) is 0 Å². The van der Waals surface area contributed by atoms with Gasteiger partial charge in [0.15, 0.2) is 6.61 Å². The van der Waals surface area contributed by atoms with E-state index in [-0.39, 0.29) is 12.5 Å². The summed E-state index contributed by atoms with van der Waals surface area (Å²) in [7, 11) is 0. The fourth-order valence-corrected chi connectivity index (χ4v) is 3.35. The van der Waals surface area contributed by atoms with Gasteiger partial charge < -0.3 is 14.7 Å². The van der Waals surface area contributed by atoms with E-state index in [0.29, 0.717) is 43.1 Å². The third-order valence-corrected chi connectivity index (χ3v) is 5.07. The molecular formula is C20H23ClN2O3. The van der Waals surface area contributed by atoms with Crippen LogP contribution in [0.15, 0.2) is 42.7 Å². The highest BCUT2D eigenvalue weighted by Crippen LogP contribution is 2.27. The van der Waals surface area contributed by atoms with Gasteiger partial charge in [-0.1, -0.05) is 17.7 Å². The Morgan fingerprint density at radius 2 is 1.96 bits per heavy atom. The molecule has 6 heteroatoms. The maximum Gasteiger partial charge on any atom is 0.260 e. The fourth-order valence-electron chi connectivity index (χ4n) is 3.19. The molecule has 1 N–H and O–H groups in total. The van der Waals surface area contributed by atoms with Gasteiger partial charge in [0.1, 0.15) is 5.75 Å². The van der Waals surface area contributed by atoms with E-state index in [1.807, 2.05) is 25.1 Å². The Balaban J connectivity index is 1.51. The Labute approximate surface area is 158 Å². The number of aryl methyl sites for hydroxylation is 1. The molecule has 0 aliphatic carbocycles. The van der Waals surface area contributed by atoms with E-state index in [0.717, 1.165) is 11.1 Å². The van der Waals surface area contributed by atoms with E-state index >= 15 is 0 Å². The highest BCUT2D eigenvalue weighted by molar-refractivity contribution is 6.30. The summed E-state index contributed by atoms with van der Waals surface area (Å²) in [6.07, 6.45) is 5.14. The van der Waals surface area contributed by atoms with Gasteiger partial charge in [0.2, 0.25) is 0 Å². The standard InChI is InChI=1S/C20H23ClN2O3/c1-15-2-3-17(21)12-18(15)26-14-19(24)23-10-6-20(25,7-11-23)13-16-4-8-22-9-5-16/h2-5,8-9,12,25H,6-7,10-11,13-14H2,1H3. The number of likely N-dealkylation sites (tertiary alicyclic amines) is 1. The number of hydrogen-bond acceptors (Lipinski definition) is 4. The molecule has 1 aliphatic heterocycles. The minimum atomic E-state index is -0.775. The van der Waals surface area contributed by atoms with Crippen molar-refractivity contribution in [1.82, 2.24) is 9.88 Å². The van der Waals surface area contributed by atoms with E-state index in [9.17, 15) is 9.90 Å². The van der Waals surface area contributed by atoms with Crippen LogP contribution in [0.25, 0.3) is 0 Å². The highest BCUT2D eigenvalue weighted by Gasteiger charge is 2.34. The van der Waals surface area contributed by atoms with Gasteiger partial charge in [0.25, 0.3) is 5.91 Å². The summed E-state index contributed by atoms with van der Waals surface area (Å²) in [5.41, 5.74) is 1.22. The van der Waals surface area contributed by atoms with Crippen molar-refractivity contribution in [3.8, 4) is 5.75 Å². The van der Waals surface area contributed by atoms with E-state index in [2.05, 4.69) is 4.98 Å². The first-order valence-electron chi connectivity index (χ1n) is 8.73. The average molecular weight is 375 g/mol. The van der Waals surface area contributed by atoms with Gasteiger partial charge in [0.05, 0.1) is 5.60 Å². The quantitative estimate of drug-likeness (QED) is 0.873.